The molecule has 0 radical (unpaired) electrons. The zero-order valence-electron chi connectivity index (χ0n) is 6.10. The van der Waals surface area contributed by atoms with Crippen LogP contribution in [0, 0.1) is 16.7 Å². The fourth-order valence-electron chi connectivity index (χ4n) is 0.344. The van der Waals surface area contributed by atoms with Crippen LogP contribution in [0.15, 0.2) is 5.57 Å². The van der Waals surface area contributed by atoms with Crippen LogP contribution >= 0.6 is 34.8 Å². The van der Waals surface area contributed by atoms with E-state index in [0.717, 1.165) is 0 Å². The Morgan fingerprint density at radius 3 is 2.38 bits per heavy atom. The lowest BCUT2D eigenvalue weighted by Gasteiger charge is -2.09. The smallest absolute Gasteiger partial charge is 0.358 e. The summed E-state index contributed by atoms with van der Waals surface area (Å²) >= 11 is 15.8. The van der Waals surface area contributed by atoms with Gasteiger partial charge in [0.25, 0.3) is 0 Å². The summed E-state index contributed by atoms with van der Waals surface area (Å²) < 4.78 is 2.65. The van der Waals surface area contributed by atoms with Crippen LogP contribution in [0.25, 0.3) is 0 Å². The number of halogens is 3. The lowest BCUT2D eigenvalue weighted by Crippen LogP contribution is -2.18. The lowest BCUT2D eigenvalue weighted by atomic mass is 10.3. The van der Waals surface area contributed by atoms with Crippen LogP contribution < -0.4 is 0 Å². The van der Waals surface area contributed by atoms with Crippen LogP contribution in [0.5, 0.6) is 0 Å². The summed E-state index contributed by atoms with van der Waals surface area (Å²) in [7, 11) is 0. The van der Waals surface area contributed by atoms with Crippen molar-refractivity contribution in [3.63, 3.8) is 0 Å². The van der Waals surface area contributed by atoms with Crippen LogP contribution in [0.1, 0.15) is 0 Å². The molecule has 0 aromatic heterocycles. The van der Waals surface area contributed by atoms with E-state index < -0.39 is 21.9 Å². The number of carbonyl (C=O) groups excluding carboxylic acids is 1. The van der Waals surface area contributed by atoms with Crippen LogP contribution in [-0.4, -0.2) is 22.2 Å². The Bertz CT molecular complexity index is 296. The fraction of sp³-hybridized carbons (Fsp3) is 0.333. The summed E-state index contributed by atoms with van der Waals surface area (Å²) in [5.41, 5.74) is -0.575. The van der Waals surface area contributed by atoms with Gasteiger partial charge in [-0.05, 0) is 0 Å². The number of hydrogen-bond acceptors (Lipinski definition) is 4. The van der Waals surface area contributed by atoms with Crippen molar-refractivity contribution in [2.75, 3.05) is 6.61 Å². The second-order valence-electron chi connectivity index (χ2n) is 1.80. The van der Waals surface area contributed by atoms with Gasteiger partial charge in [-0.2, -0.15) is 5.26 Å². The molecule has 0 bridgehead atoms. The van der Waals surface area contributed by atoms with Crippen molar-refractivity contribution in [2.24, 2.45) is 0 Å². The molecule has 13 heavy (non-hydrogen) atoms. The van der Waals surface area contributed by atoms with E-state index in [1.807, 2.05) is 0 Å². The second kappa shape index (κ2) is 5.11. The predicted octanol–water partition coefficient (Wildman–Crippen LogP) is 1.60. The molecular formula is C6H3Cl3N2O2. The van der Waals surface area contributed by atoms with Crippen molar-refractivity contribution in [3.05, 3.63) is 5.57 Å². The van der Waals surface area contributed by atoms with E-state index in [1.54, 1.807) is 5.87 Å². The van der Waals surface area contributed by atoms with E-state index >= 15 is 0 Å². The average molecular weight is 241 g/mol. The number of nitrogens with zero attached hydrogens (tertiary/aromatic N) is 1. The first kappa shape index (κ1) is 12.3. The molecule has 0 aliphatic heterocycles. The van der Waals surface area contributed by atoms with Crippen molar-refractivity contribution >= 4 is 46.6 Å². The minimum Gasteiger partial charge on any atom is -0.457 e. The molecule has 7 heteroatoms. The molecule has 0 fully saturated rings. The Hall–Kier alpha value is -0.720. The molecule has 0 aromatic carbocycles. The van der Waals surface area contributed by atoms with Gasteiger partial charge in [-0.25, -0.2) is 4.79 Å². The van der Waals surface area contributed by atoms with E-state index in [0.29, 0.717) is 0 Å². The van der Waals surface area contributed by atoms with Gasteiger partial charge in [0, 0.05) is 5.87 Å². The van der Waals surface area contributed by atoms with E-state index in [2.05, 4.69) is 4.74 Å². The largest absolute Gasteiger partial charge is 0.457 e. The minimum absolute atomic E-state index is 0.483. The van der Waals surface area contributed by atoms with Crippen LogP contribution in [-0.2, 0) is 9.53 Å². The summed E-state index contributed by atoms with van der Waals surface area (Å²) in [5, 5.41) is 14.8. The third-order valence-corrected chi connectivity index (χ3v) is 1.14. The van der Waals surface area contributed by atoms with Gasteiger partial charge in [-0.1, -0.05) is 34.8 Å². The molecule has 70 valence electrons. The molecule has 0 unspecified atom stereocenters. The zero-order chi connectivity index (χ0) is 10.5. The first-order chi connectivity index (χ1) is 5.90. The molecule has 0 amide bonds. The third-order valence-electron chi connectivity index (χ3n) is 0.808. The molecule has 0 aromatic rings. The topological polar surface area (TPSA) is 73.9 Å². The van der Waals surface area contributed by atoms with Crippen LogP contribution in [0.2, 0.25) is 0 Å². The fourth-order valence-corrected chi connectivity index (χ4v) is 0.508. The van der Waals surface area contributed by atoms with E-state index in [-0.39, 0.29) is 0 Å². The Labute approximate surface area is 89.1 Å². The van der Waals surface area contributed by atoms with E-state index in [1.165, 1.54) is 6.07 Å². The van der Waals surface area contributed by atoms with Gasteiger partial charge < -0.3 is 4.74 Å². The van der Waals surface area contributed by atoms with Gasteiger partial charge in [0.05, 0.1) is 0 Å². The molecule has 0 saturated heterocycles. The molecule has 0 rings (SSSR count). The normalized spacial score (nSPS) is 9.69. The number of esters is 1. The molecule has 0 spiro atoms. The molecular weight excluding hydrogens is 238 g/mol. The minimum atomic E-state index is -1.72. The maximum absolute atomic E-state index is 10.8. The van der Waals surface area contributed by atoms with Gasteiger partial charge in [0.15, 0.2) is 5.57 Å². The van der Waals surface area contributed by atoms with Crippen molar-refractivity contribution in [3.8, 4) is 6.07 Å². The second-order valence-corrected chi connectivity index (χ2v) is 4.32. The highest BCUT2D eigenvalue weighted by atomic mass is 35.6. The quantitative estimate of drug-likeness (QED) is 0.262. The van der Waals surface area contributed by atoms with Crippen molar-refractivity contribution < 1.29 is 9.53 Å². The number of nitrogens with one attached hydrogen (secondary N) is 1. The maximum Gasteiger partial charge on any atom is 0.358 e. The molecule has 4 nitrogen and oxygen atoms in total. The highest BCUT2D eigenvalue weighted by molar-refractivity contribution is 6.67. The molecule has 1 N–H and O–H groups in total. The number of rotatable bonds is 2. The molecule has 0 aliphatic carbocycles. The number of nitriles is 1. The Balaban J connectivity index is 4.20. The number of hydrogen-bond donors (Lipinski definition) is 1. The predicted molar refractivity (Wildman–Crippen MR) is 48.1 cm³/mol. The van der Waals surface area contributed by atoms with Crippen molar-refractivity contribution in [1.29, 1.82) is 10.7 Å². The molecule has 0 aliphatic rings. The lowest BCUT2D eigenvalue weighted by molar-refractivity contribution is -0.138. The van der Waals surface area contributed by atoms with Gasteiger partial charge in [-0.15, -0.1) is 0 Å². The van der Waals surface area contributed by atoms with Gasteiger partial charge in [0.2, 0.25) is 3.79 Å². The first-order valence-corrected chi connectivity index (χ1v) is 3.97. The highest BCUT2D eigenvalue weighted by Crippen LogP contribution is 2.26. The average Bonchev–Trinajstić information content (AvgIpc) is 2.02. The van der Waals surface area contributed by atoms with Crippen LogP contribution in [0.4, 0.5) is 0 Å². The van der Waals surface area contributed by atoms with Crippen molar-refractivity contribution in [1.82, 2.24) is 0 Å². The number of carbonyl (C=O) groups is 1. The van der Waals surface area contributed by atoms with Gasteiger partial charge >= 0.3 is 5.97 Å². The number of ether oxygens (including phenoxy) is 1. The monoisotopic (exact) mass is 240 g/mol. The standard InChI is InChI=1S/C6H3Cl3N2O2/c7-6(8,9)3-13-5(12)4(1-10)2-11/h10H,3H2. The van der Waals surface area contributed by atoms with E-state index in [4.69, 9.17) is 45.5 Å². The summed E-state index contributed by atoms with van der Waals surface area (Å²) in [6.45, 7) is -0.483. The Kier molecular flexibility index (Phi) is 4.82. The van der Waals surface area contributed by atoms with E-state index in [9.17, 15) is 4.79 Å². The van der Waals surface area contributed by atoms with Gasteiger partial charge in [-0.3, -0.25) is 5.41 Å². The first-order valence-electron chi connectivity index (χ1n) is 2.84. The van der Waals surface area contributed by atoms with Gasteiger partial charge in [0.1, 0.15) is 12.7 Å². The van der Waals surface area contributed by atoms with Crippen LogP contribution in [0.3, 0.4) is 0 Å². The molecule has 0 heterocycles. The SMILES string of the molecule is N#CC(=C=N)C(=O)OCC(Cl)(Cl)Cl. The summed E-state index contributed by atoms with van der Waals surface area (Å²) in [6, 6.07) is 1.40. The summed E-state index contributed by atoms with van der Waals surface area (Å²) in [4.78, 5) is 10.8. The Morgan fingerprint density at radius 2 is 2.08 bits per heavy atom. The van der Waals surface area contributed by atoms with Crippen molar-refractivity contribution in [2.45, 2.75) is 3.79 Å². The summed E-state index contributed by atoms with van der Waals surface area (Å²) in [5.74, 6) is 0.551. The third kappa shape index (κ3) is 5.51. The highest BCUT2D eigenvalue weighted by Gasteiger charge is 2.23. The molecule has 0 saturated carbocycles. The maximum atomic E-state index is 10.8. The summed E-state index contributed by atoms with van der Waals surface area (Å²) in [6.07, 6.45) is 0. The molecule has 0 atom stereocenters. The Morgan fingerprint density at radius 1 is 1.54 bits per heavy atom. The number of alkyl halides is 3. The zero-order valence-corrected chi connectivity index (χ0v) is 8.37.